The SMILES string of the molecule is Cc1csc(C(c2ccc(-c3ccccc3)cc2)N2CCNCC2)c1. The molecule has 25 heavy (non-hydrogen) atoms. The maximum Gasteiger partial charge on any atom is 0.0697 e. The second kappa shape index (κ2) is 7.52. The van der Waals surface area contributed by atoms with Crippen LogP contribution in [0, 0.1) is 6.92 Å². The molecule has 3 heteroatoms. The quantitative estimate of drug-likeness (QED) is 0.734. The first-order valence-electron chi connectivity index (χ1n) is 8.96. The van der Waals surface area contributed by atoms with E-state index in [-0.39, 0.29) is 0 Å². The lowest BCUT2D eigenvalue weighted by Crippen LogP contribution is -2.45. The zero-order chi connectivity index (χ0) is 17.1. The van der Waals surface area contributed by atoms with E-state index >= 15 is 0 Å². The van der Waals surface area contributed by atoms with Gasteiger partial charge in [0, 0.05) is 31.1 Å². The lowest BCUT2D eigenvalue weighted by molar-refractivity contribution is 0.200. The lowest BCUT2D eigenvalue weighted by Gasteiger charge is -2.34. The third kappa shape index (κ3) is 3.69. The average Bonchev–Trinajstić information content (AvgIpc) is 3.10. The Kier molecular flexibility index (Phi) is 4.97. The van der Waals surface area contributed by atoms with Crippen molar-refractivity contribution >= 4 is 11.3 Å². The van der Waals surface area contributed by atoms with Gasteiger partial charge in [-0.15, -0.1) is 11.3 Å². The first-order valence-corrected chi connectivity index (χ1v) is 9.84. The number of thiophene rings is 1. The first kappa shape index (κ1) is 16.5. The third-order valence-corrected chi connectivity index (χ3v) is 5.97. The first-order chi connectivity index (χ1) is 12.3. The molecule has 3 aromatic rings. The molecule has 4 rings (SSSR count). The zero-order valence-corrected chi connectivity index (χ0v) is 15.4. The minimum Gasteiger partial charge on any atom is -0.314 e. The summed E-state index contributed by atoms with van der Waals surface area (Å²) in [7, 11) is 0. The van der Waals surface area contributed by atoms with Crippen LogP contribution >= 0.6 is 11.3 Å². The van der Waals surface area contributed by atoms with Crippen molar-refractivity contribution in [3.05, 3.63) is 82.0 Å². The van der Waals surface area contributed by atoms with Crippen LogP contribution in [-0.4, -0.2) is 31.1 Å². The van der Waals surface area contributed by atoms with Crippen LogP contribution in [0.15, 0.2) is 66.0 Å². The van der Waals surface area contributed by atoms with Crippen molar-refractivity contribution in [3.8, 4) is 11.1 Å². The Morgan fingerprint density at radius 3 is 2.24 bits per heavy atom. The van der Waals surface area contributed by atoms with E-state index in [0.717, 1.165) is 26.2 Å². The van der Waals surface area contributed by atoms with Gasteiger partial charge in [0.1, 0.15) is 0 Å². The average molecular weight is 349 g/mol. The molecule has 1 unspecified atom stereocenters. The van der Waals surface area contributed by atoms with Crippen LogP contribution in [0.2, 0.25) is 0 Å². The molecule has 0 spiro atoms. The number of nitrogens with zero attached hydrogens (tertiary/aromatic N) is 1. The standard InChI is InChI=1S/C22H24N2S/c1-17-15-21(25-16-17)22(24-13-11-23-12-14-24)20-9-7-19(8-10-20)18-5-3-2-4-6-18/h2-10,15-16,22-23H,11-14H2,1H3. The Hall–Kier alpha value is -1.94. The molecule has 0 aliphatic carbocycles. The molecule has 1 fully saturated rings. The molecule has 1 N–H and O–H groups in total. The van der Waals surface area contributed by atoms with Crippen LogP contribution in [0.5, 0.6) is 0 Å². The van der Waals surface area contributed by atoms with E-state index in [9.17, 15) is 0 Å². The molecule has 0 saturated carbocycles. The molecular formula is C22H24N2S. The normalized spacial score (nSPS) is 16.7. The monoisotopic (exact) mass is 348 g/mol. The second-order valence-corrected chi connectivity index (χ2v) is 7.65. The Bertz CT molecular complexity index is 802. The van der Waals surface area contributed by atoms with Crippen LogP contribution in [0.25, 0.3) is 11.1 Å². The number of piperazine rings is 1. The highest BCUT2D eigenvalue weighted by Crippen LogP contribution is 2.34. The van der Waals surface area contributed by atoms with Crippen molar-refractivity contribution in [2.75, 3.05) is 26.2 Å². The summed E-state index contributed by atoms with van der Waals surface area (Å²) < 4.78 is 0. The van der Waals surface area contributed by atoms with Gasteiger partial charge in [-0.2, -0.15) is 0 Å². The Balaban J connectivity index is 1.67. The van der Waals surface area contributed by atoms with Crippen molar-refractivity contribution in [1.82, 2.24) is 10.2 Å². The Labute approximate surface area is 154 Å². The molecule has 1 aliphatic heterocycles. The molecule has 2 nitrogen and oxygen atoms in total. The van der Waals surface area contributed by atoms with Crippen LogP contribution in [-0.2, 0) is 0 Å². The second-order valence-electron chi connectivity index (χ2n) is 6.70. The topological polar surface area (TPSA) is 15.3 Å². The molecule has 2 aromatic carbocycles. The number of hydrogen-bond acceptors (Lipinski definition) is 3. The van der Waals surface area contributed by atoms with Gasteiger partial charge in [-0.25, -0.2) is 0 Å². The molecule has 1 aliphatic rings. The molecule has 0 bridgehead atoms. The summed E-state index contributed by atoms with van der Waals surface area (Å²) in [6, 6.07) is 22.5. The molecule has 0 amide bonds. The molecule has 0 radical (unpaired) electrons. The van der Waals surface area contributed by atoms with Crippen molar-refractivity contribution < 1.29 is 0 Å². The van der Waals surface area contributed by atoms with Crippen LogP contribution in [0.1, 0.15) is 22.0 Å². The van der Waals surface area contributed by atoms with Gasteiger partial charge in [0.15, 0.2) is 0 Å². The largest absolute Gasteiger partial charge is 0.314 e. The van der Waals surface area contributed by atoms with E-state index in [0.29, 0.717) is 6.04 Å². The summed E-state index contributed by atoms with van der Waals surface area (Å²) in [5, 5.41) is 5.74. The van der Waals surface area contributed by atoms with Gasteiger partial charge >= 0.3 is 0 Å². The van der Waals surface area contributed by atoms with Gasteiger partial charge in [-0.1, -0.05) is 54.6 Å². The fourth-order valence-corrected chi connectivity index (χ4v) is 4.64. The molecule has 1 saturated heterocycles. The van der Waals surface area contributed by atoms with Gasteiger partial charge in [0.2, 0.25) is 0 Å². The highest BCUT2D eigenvalue weighted by molar-refractivity contribution is 7.10. The van der Waals surface area contributed by atoms with E-state index < -0.39 is 0 Å². The fourth-order valence-electron chi connectivity index (χ4n) is 3.58. The van der Waals surface area contributed by atoms with Gasteiger partial charge in [0.05, 0.1) is 6.04 Å². The number of benzene rings is 2. The predicted octanol–water partition coefficient (Wildman–Crippen LogP) is 4.72. The lowest BCUT2D eigenvalue weighted by atomic mass is 9.98. The highest BCUT2D eigenvalue weighted by Gasteiger charge is 2.25. The maximum absolute atomic E-state index is 3.47. The number of rotatable bonds is 4. The van der Waals surface area contributed by atoms with E-state index in [1.807, 2.05) is 11.3 Å². The van der Waals surface area contributed by atoms with Crippen molar-refractivity contribution in [2.24, 2.45) is 0 Å². The summed E-state index contributed by atoms with van der Waals surface area (Å²) in [6.45, 7) is 6.53. The fraction of sp³-hybridized carbons (Fsp3) is 0.273. The molecule has 2 heterocycles. The Morgan fingerprint density at radius 2 is 1.60 bits per heavy atom. The van der Waals surface area contributed by atoms with Crippen molar-refractivity contribution in [1.29, 1.82) is 0 Å². The molecular weight excluding hydrogens is 324 g/mol. The third-order valence-electron chi connectivity index (χ3n) is 4.87. The van der Waals surface area contributed by atoms with Gasteiger partial charge in [-0.05, 0) is 40.6 Å². The number of nitrogens with one attached hydrogen (secondary N) is 1. The van der Waals surface area contributed by atoms with Gasteiger partial charge in [0.25, 0.3) is 0 Å². The van der Waals surface area contributed by atoms with Crippen LogP contribution < -0.4 is 5.32 Å². The minimum atomic E-state index is 0.366. The smallest absolute Gasteiger partial charge is 0.0697 e. The van der Waals surface area contributed by atoms with Crippen LogP contribution in [0.3, 0.4) is 0 Å². The predicted molar refractivity (Wildman–Crippen MR) is 107 cm³/mol. The Morgan fingerprint density at radius 1 is 0.920 bits per heavy atom. The van der Waals surface area contributed by atoms with Gasteiger partial charge in [-0.3, -0.25) is 4.90 Å². The van der Waals surface area contributed by atoms with Crippen molar-refractivity contribution in [2.45, 2.75) is 13.0 Å². The van der Waals surface area contributed by atoms with E-state index in [2.05, 4.69) is 83.2 Å². The molecule has 1 atom stereocenters. The molecule has 1 aromatic heterocycles. The summed E-state index contributed by atoms with van der Waals surface area (Å²) in [5.41, 5.74) is 5.31. The van der Waals surface area contributed by atoms with Crippen molar-refractivity contribution in [3.63, 3.8) is 0 Å². The summed E-state index contributed by atoms with van der Waals surface area (Å²) in [4.78, 5) is 4.06. The molecule has 128 valence electrons. The maximum atomic E-state index is 3.47. The number of aryl methyl sites for hydroxylation is 1. The summed E-state index contributed by atoms with van der Waals surface area (Å²) in [6.07, 6.45) is 0. The van der Waals surface area contributed by atoms with E-state index in [4.69, 9.17) is 0 Å². The van der Waals surface area contributed by atoms with Gasteiger partial charge < -0.3 is 5.32 Å². The summed E-state index contributed by atoms with van der Waals surface area (Å²) >= 11 is 1.88. The van der Waals surface area contributed by atoms with E-state index in [1.54, 1.807) is 0 Å². The van der Waals surface area contributed by atoms with Crippen LogP contribution in [0.4, 0.5) is 0 Å². The minimum absolute atomic E-state index is 0.366. The zero-order valence-electron chi connectivity index (χ0n) is 14.6. The highest BCUT2D eigenvalue weighted by atomic mass is 32.1. The van der Waals surface area contributed by atoms with E-state index in [1.165, 1.54) is 27.1 Å². The number of hydrogen-bond donors (Lipinski definition) is 1. The summed E-state index contributed by atoms with van der Waals surface area (Å²) in [5.74, 6) is 0.